The molecule has 0 unspecified atom stereocenters. The van der Waals surface area contributed by atoms with Gasteiger partial charge in [-0.25, -0.2) is 0 Å². The minimum atomic E-state index is -4.46. The third-order valence-electron chi connectivity index (χ3n) is 4.48. The van der Waals surface area contributed by atoms with E-state index >= 15 is 0 Å². The van der Waals surface area contributed by atoms with Crippen LogP contribution in [-0.4, -0.2) is 43.5 Å². The Labute approximate surface area is 160 Å². The molecule has 3 rings (SSSR count). The zero-order valence-electron chi connectivity index (χ0n) is 14.5. The van der Waals surface area contributed by atoms with Gasteiger partial charge >= 0.3 is 6.18 Å². The molecule has 0 radical (unpaired) electrons. The van der Waals surface area contributed by atoms with Crippen molar-refractivity contribution in [3.8, 4) is 0 Å². The van der Waals surface area contributed by atoms with Gasteiger partial charge in [0.2, 0.25) is 5.91 Å². The standard InChI is InChI=1S/C19H19ClF3N3O/c20-16-7-6-14(19(21,22)23)12-17(16)24-13-18(27)26-10-8-25(9-11-26)15-4-2-1-3-5-15/h1-7,12,24H,8-11,13H2. The Morgan fingerprint density at radius 3 is 2.33 bits per heavy atom. The van der Waals surface area contributed by atoms with Crippen LogP contribution in [-0.2, 0) is 11.0 Å². The number of piperazine rings is 1. The molecule has 1 fully saturated rings. The molecule has 144 valence electrons. The molecule has 8 heteroatoms. The first-order valence-corrected chi connectivity index (χ1v) is 8.91. The summed E-state index contributed by atoms with van der Waals surface area (Å²) in [5, 5.41) is 2.87. The zero-order chi connectivity index (χ0) is 19.4. The van der Waals surface area contributed by atoms with Gasteiger partial charge in [0.15, 0.2) is 0 Å². The molecule has 2 aromatic rings. The van der Waals surface area contributed by atoms with Crippen LogP contribution in [0.1, 0.15) is 5.56 Å². The van der Waals surface area contributed by atoms with E-state index in [1.54, 1.807) is 4.90 Å². The van der Waals surface area contributed by atoms with E-state index in [4.69, 9.17) is 11.6 Å². The van der Waals surface area contributed by atoms with E-state index in [-0.39, 0.29) is 23.2 Å². The van der Waals surface area contributed by atoms with E-state index in [0.717, 1.165) is 17.8 Å². The van der Waals surface area contributed by atoms with E-state index in [2.05, 4.69) is 10.2 Å². The summed E-state index contributed by atoms with van der Waals surface area (Å²) < 4.78 is 38.4. The molecule has 1 N–H and O–H groups in total. The molecule has 1 heterocycles. The number of benzene rings is 2. The Kier molecular flexibility index (Phi) is 5.79. The van der Waals surface area contributed by atoms with Crippen molar-refractivity contribution in [2.24, 2.45) is 0 Å². The first-order chi connectivity index (χ1) is 12.8. The Morgan fingerprint density at radius 2 is 1.70 bits per heavy atom. The van der Waals surface area contributed by atoms with Crippen LogP contribution in [0.2, 0.25) is 5.02 Å². The lowest BCUT2D eigenvalue weighted by Crippen LogP contribution is -2.50. The van der Waals surface area contributed by atoms with E-state index in [1.165, 1.54) is 6.07 Å². The second kappa shape index (κ2) is 8.08. The number of anilines is 2. The van der Waals surface area contributed by atoms with Crippen LogP contribution in [0.15, 0.2) is 48.5 Å². The molecule has 4 nitrogen and oxygen atoms in total. The number of halogens is 4. The molecule has 0 atom stereocenters. The average Bonchev–Trinajstić information content (AvgIpc) is 2.67. The summed E-state index contributed by atoms with van der Waals surface area (Å²) in [4.78, 5) is 16.3. The first kappa shape index (κ1) is 19.4. The molecule has 0 spiro atoms. The fourth-order valence-electron chi connectivity index (χ4n) is 2.97. The van der Waals surface area contributed by atoms with Crippen molar-refractivity contribution in [2.45, 2.75) is 6.18 Å². The summed E-state index contributed by atoms with van der Waals surface area (Å²) in [5.74, 6) is -0.170. The maximum atomic E-state index is 12.8. The van der Waals surface area contributed by atoms with Crippen molar-refractivity contribution >= 4 is 28.9 Å². The van der Waals surface area contributed by atoms with Gasteiger partial charge in [-0.15, -0.1) is 0 Å². The fourth-order valence-corrected chi connectivity index (χ4v) is 3.16. The topological polar surface area (TPSA) is 35.6 Å². The number of rotatable bonds is 4. The lowest BCUT2D eigenvalue weighted by atomic mass is 10.2. The average molecular weight is 398 g/mol. The van der Waals surface area contributed by atoms with Crippen LogP contribution in [0.4, 0.5) is 24.5 Å². The largest absolute Gasteiger partial charge is 0.416 e. The predicted octanol–water partition coefficient (Wildman–Crippen LogP) is 4.12. The first-order valence-electron chi connectivity index (χ1n) is 8.53. The Hall–Kier alpha value is -2.41. The van der Waals surface area contributed by atoms with Gasteiger partial charge < -0.3 is 15.1 Å². The van der Waals surface area contributed by atoms with E-state index < -0.39 is 11.7 Å². The number of hydrogen-bond donors (Lipinski definition) is 1. The van der Waals surface area contributed by atoms with Crippen LogP contribution in [0.5, 0.6) is 0 Å². The number of nitrogens with zero attached hydrogens (tertiary/aromatic N) is 2. The molecule has 0 bridgehead atoms. The normalized spacial score (nSPS) is 15.0. The SMILES string of the molecule is O=C(CNc1cc(C(F)(F)F)ccc1Cl)N1CCN(c2ccccc2)CC1. The quantitative estimate of drug-likeness (QED) is 0.843. The highest BCUT2D eigenvalue weighted by molar-refractivity contribution is 6.33. The second-order valence-electron chi connectivity index (χ2n) is 6.25. The highest BCUT2D eigenvalue weighted by Crippen LogP contribution is 2.33. The fraction of sp³-hybridized carbons (Fsp3) is 0.316. The summed E-state index contributed by atoms with van der Waals surface area (Å²) in [5.41, 5.74) is 0.402. The van der Waals surface area contributed by atoms with Gasteiger partial charge in [-0.3, -0.25) is 4.79 Å². The lowest BCUT2D eigenvalue weighted by Gasteiger charge is -2.36. The number of para-hydroxylation sites is 1. The second-order valence-corrected chi connectivity index (χ2v) is 6.66. The number of carbonyl (C=O) groups excluding carboxylic acids is 1. The monoisotopic (exact) mass is 397 g/mol. The summed E-state index contributed by atoms with van der Waals surface area (Å²) >= 11 is 5.94. The van der Waals surface area contributed by atoms with Crippen molar-refractivity contribution in [3.63, 3.8) is 0 Å². The molecule has 1 aliphatic rings. The number of hydrogen-bond acceptors (Lipinski definition) is 3. The van der Waals surface area contributed by atoms with Gasteiger partial charge in [-0.1, -0.05) is 29.8 Å². The Morgan fingerprint density at radius 1 is 1.04 bits per heavy atom. The van der Waals surface area contributed by atoms with Gasteiger partial charge in [0.05, 0.1) is 22.8 Å². The molecule has 0 aliphatic carbocycles. The lowest BCUT2D eigenvalue weighted by molar-refractivity contribution is -0.137. The minimum Gasteiger partial charge on any atom is -0.375 e. The van der Waals surface area contributed by atoms with Gasteiger partial charge in [-0.05, 0) is 30.3 Å². The van der Waals surface area contributed by atoms with Crippen LogP contribution in [0, 0.1) is 0 Å². The van der Waals surface area contributed by atoms with Crippen molar-refractivity contribution in [3.05, 3.63) is 59.1 Å². The van der Waals surface area contributed by atoms with Gasteiger partial charge in [0.1, 0.15) is 0 Å². The van der Waals surface area contributed by atoms with Gasteiger partial charge in [0, 0.05) is 31.9 Å². The summed E-state index contributed by atoms with van der Waals surface area (Å²) in [6, 6.07) is 12.9. The maximum Gasteiger partial charge on any atom is 0.416 e. The van der Waals surface area contributed by atoms with Gasteiger partial charge in [-0.2, -0.15) is 13.2 Å². The molecule has 0 saturated carbocycles. The molecule has 1 amide bonds. The van der Waals surface area contributed by atoms with Crippen LogP contribution >= 0.6 is 11.6 Å². The van der Waals surface area contributed by atoms with E-state index in [0.29, 0.717) is 26.2 Å². The van der Waals surface area contributed by atoms with Crippen LogP contribution in [0.3, 0.4) is 0 Å². The molecular weight excluding hydrogens is 379 g/mol. The van der Waals surface area contributed by atoms with Crippen molar-refractivity contribution in [2.75, 3.05) is 42.9 Å². The number of amides is 1. The summed E-state index contributed by atoms with van der Waals surface area (Å²) in [6.07, 6.45) is -4.46. The number of carbonyl (C=O) groups is 1. The van der Waals surface area contributed by atoms with E-state index in [1.807, 2.05) is 30.3 Å². The maximum absolute atomic E-state index is 12.8. The van der Waals surface area contributed by atoms with Crippen LogP contribution < -0.4 is 10.2 Å². The number of nitrogens with one attached hydrogen (secondary N) is 1. The van der Waals surface area contributed by atoms with E-state index in [9.17, 15) is 18.0 Å². The van der Waals surface area contributed by atoms with Crippen molar-refractivity contribution in [1.29, 1.82) is 0 Å². The summed E-state index contributed by atoms with van der Waals surface area (Å²) in [6.45, 7) is 2.43. The molecule has 1 aliphatic heterocycles. The molecule has 27 heavy (non-hydrogen) atoms. The molecule has 1 saturated heterocycles. The van der Waals surface area contributed by atoms with Crippen LogP contribution in [0.25, 0.3) is 0 Å². The van der Waals surface area contributed by atoms with Crippen molar-refractivity contribution in [1.82, 2.24) is 4.90 Å². The minimum absolute atomic E-state index is 0.0998. The van der Waals surface area contributed by atoms with Crippen molar-refractivity contribution < 1.29 is 18.0 Å². The zero-order valence-corrected chi connectivity index (χ0v) is 15.2. The smallest absolute Gasteiger partial charge is 0.375 e. The molecular formula is C19H19ClF3N3O. The molecule has 0 aromatic heterocycles. The Balaban J connectivity index is 1.55. The summed E-state index contributed by atoms with van der Waals surface area (Å²) in [7, 11) is 0. The number of alkyl halides is 3. The van der Waals surface area contributed by atoms with Gasteiger partial charge in [0.25, 0.3) is 0 Å². The molecule has 2 aromatic carbocycles. The highest BCUT2D eigenvalue weighted by Gasteiger charge is 2.31. The third kappa shape index (κ3) is 4.86. The highest BCUT2D eigenvalue weighted by atomic mass is 35.5. The Bertz CT molecular complexity index is 791. The third-order valence-corrected chi connectivity index (χ3v) is 4.81. The predicted molar refractivity (Wildman–Crippen MR) is 100 cm³/mol.